The Kier molecular flexibility index (Phi) is 5.83. The highest BCUT2D eigenvalue weighted by Crippen LogP contribution is 2.35. The van der Waals surface area contributed by atoms with E-state index >= 15 is 0 Å². The number of fused-ring (bicyclic) bond motifs is 1. The fraction of sp³-hybridized carbons (Fsp3) is 0.133. The number of nitrogens with one attached hydrogen (secondary N) is 1. The van der Waals surface area contributed by atoms with Crippen LogP contribution in [0.25, 0.3) is 44.4 Å². The minimum atomic E-state index is -0.137. The summed E-state index contributed by atoms with van der Waals surface area (Å²) in [5.74, 6) is 0.411. The van der Waals surface area contributed by atoms with Gasteiger partial charge >= 0.3 is 0 Å². The minimum Gasteiger partial charge on any atom is -0.354 e. The lowest BCUT2D eigenvalue weighted by molar-refractivity contribution is -0.386. The van der Waals surface area contributed by atoms with Gasteiger partial charge < -0.3 is 10.7 Å². The van der Waals surface area contributed by atoms with Crippen LogP contribution in [0.5, 0.6) is 0 Å². The molecule has 4 nitrogen and oxygen atoms in total. The average Bonchev–Trinajstić information content (AvgIpc) is 2.89. The summed E-state index contributed by atoms with van der Waals surface area (Å²) in [4.78, 5) is 21.0. The van der Waals surface area contributed by atoms with E-state index in [1.165, 1.54) is 11.1 Å². The van der Waals surface area contributed by atoms with Crippen LogP contribution in [-0.2, 0) is 6.54 Å². The van der Waals surface area contributed by atoms with Crippen LogP contribution in [0.15, 0.2) is 95.9 Å². The number of rotatable bonds is 5. The molecule has 0 spiro atoms. The van der Waals surface area contributed by atoms with Crippen molar-refractivity contribution in [1.82, 2.24) is 9.97 Å². The molecule has 0 aliphatic heterocycles. The molecule has 5 rings (SSSR count). The molecule has 0 fully saturated rings. The summed E-state index contributed by atoms with van der Waals surface area (Å²) in [7, 11) is 0. The second-order valence-corrected chi connectivity index (χ2v) is 8.91. The van der Waals surface area contributed by atoms with Gasteiger partial charge in [-0.05, 0) is 28.7 Å². The van der Waals surface area contributed by atoms with E-state index in [4.69, 9.17) is 4.98 Å². The summed E-state index contributed by atoms with van der Waals surface area (Å²) in [5.41, 5.74) is 12.8. The van der Waals surface area contributed by atoms with Crippen molar-refractivity contribution in [3.63, 3.8) is 0 Å². The number of aromatic nitrogens is 2. The first kappa shape index (κ1) is 21.8. The molecule has 0 saturated heterocycles. The summed E-state index contributed by atoms with van der Waals surface area (Å²) in [6.45, 7) is 5.10. The van der Waals surface area contributed by atoms with Gasteiger partial charge in [0.1, 0.15) is 0 Å². The fourth-order valence-corrected chi connectivity index (χ4v) is 4.35. The maximum Gasteiger partial charge on any atom is 0.257 e. The Morgan fingerprint density at radius 1 is 0.824 bits per heavy atom. The van der Waals surface area contributed by atoms with Gasteiger partial charge in [-0.3, -0.25) is 4.79 Å². The smallest absolute Gasteiger partial charge is 0.257 e. The maximum atomic E-state index is 12.9. The molecular formula is C30H28N3O+. The van der Waals surface area contributed by atoms with Gasteiger partial charge in [-0.15, -0.1) is 0 Å². The van der Waals surface area contributed by atoms with Crippen LogP contribution >= 0.6 is 0 Å². The summed E-state index contributed by atoms with van der Waals surface area (Å²) < 4.78 is 0. The Hall–Kier alpha value is -4.02. The highest BCUT2D eigenvalue weighted by molar-refractivity contribution is 5.98. The van der Waals surface area contributed by atoms with E-state index in [-0.39, 0.29) is 5.56 Å². The van der Waals surface area contributed by atoms with E-state index in [0.29, 0.717) is 16.8 Å². The minimum absolute atomic E-state index is 0.137. The van der Waals surface area contributed by atoms with Crippen LogP contribution in [0.4, 0.5) is 0 Å². The summed E-state index contributed by atoms with van der Waals surface area (Å²) >= 11 is 0. The predicted molar refractivity (Wildman–Crippen MR) is 139 cm³/mol. The molecule has 0 bridgehead atoms. The standard InChI is InChI=1S/C30H27N3O/c1-19(2)23-9-6-10-24(15-23)27-18-32-30(34)26-16-25(21-7-4-3-5-8-21)28(33-29(26)27)22-13-11-20(17-31)12-14-22/h3-16,18-19H,17,31H2,1-2H3,(H,32,34)/p+1. The molecule has 0 unspecified atom stereocenters. The van der Waals surface area contributed by atoms with Crippen molar-refractivity contribution >= 4 is 10.9 Å². The molecule has 168 valence electrons. The zero-order chi connectivity index (χ0) is 23.7. The number of quaternary nitrogens is 1. The Morgan fingerprint density at radius 2 is 1.56 bits per heavy atom. The molecule has 0 amide bonds. The SMILES string of the molecule is CC(C)c1cccc(-c2c[nH]c(=O)c3cc(-c4ccccc4)c(-c4ccc(C[NH3+])cc4)nc23)c1. The Balaban J connectivity index is 1.82. The van der Waals surface area contributed by atoms with Gasteiger partial charge in [0.05, 0.1) is 23.1 Å². The van der Waals surface area contributed by atoms with Gasteiger partial charge in [0.25, 0.3) is 5.56 Å². The van der Waals surface area contributed by atoms with E-state index in [1.807, 2.05) is 24.3 Å². The van der Waals surface area contributed by atoms with Crippen LogP contribution < -0.4 is 11.3 Å². The molecule has 2 heterocycles. The predicted octanol–water partition coefficient (Wildman–Crippen LogP) is 5.79. The molecular weight excluding hydrogens is 418 g/mol. The van der Waals surface area contributed by atoms with Gasteiger partial charge in [-0.2, -0.15) is 0 Å². The number of benzene rings is 3. The van der Waals surface area contributed by atoms with Crippen molar-refractivity contribution < 1.29 is 5.73 Å². The average molecular weight is 447 g/mol. The first-order valence-corrected chi connectivity index (χ1v) is 11.7. The molecule has 34 heavy (non-hydrogen) atoms. The molecule has 0 aliphatic rings. The molecule has 2 aromatic heterocycles. The molecule has 4 heteroatoms. The number of hydrogen-bond acceptors (Lipinski definition) is 2. The number of nitrogens with zero attached hydrogens (tertiary/aromatic N) is 1. The van der Waals surface area contributed by atoms with Crippen molar-refractivity contribution in [3.05, 3.63) is 113 Å². The van der Waals surface area contributed by atoms with Crippen molar-refractivity contribution in [2.24, 2.45) is 0 Å². The first-order chi connectivity index (χ1) is 16.5. The summed E-state index contributed by atoms with van der Waals surface area (Å²) in [6.07, 6.45) is 1.79. The van der Waals surface area contributed by atoms with Gasteiger partial charge in [0, 0.05) is 28.5 Å². The van der Waals surface area contributed by atoms with E-state index < -0.39 is 0 Å². The molecule has 3 aromatic carbocycles. The largest absolute Gasteiger partial charge is 0.354 e. The van der Waals surface area contributed by atoms with E-state index in [9.17, 15) is 4.79 Å². The molecule has 0 radical (unpaired) electrons. The third kappa shape index (κ3) is 4.04. The van der Waals surface area contributed by atoms with Crippen LogP contribution in [0, 0.1) is 0 Å². The van der Waals surface area contributed by atoms with Crippen LogP contribution in [0.2, 0.25) is 0 Å². The Bertz CT molecular complexity index is 1520. The third-order valence-electron chi connectivity index (χ3n) is 6.34. The van der Waals surface area contributed by atoms with Gasteiger partial charge in [0.15, 0.2) is 0 Å². The quantitative estimate of drug-likeness (QED) is 0.359. The highest BCUT2D eigenvalue weighted by Gasteiger charge is 2.16. The van der Waals surface area contributed by atoms with Crippen LogP contribution in [0.1, 0.15) is 30.9 Å². The van der Waals surface area contributed by atoms with Gasteiger partial charge in [-0.1, -0.05) is 92.7 Å². The van der Waals surface area contributed by atoms with Crippen molar-refractivity contribution in [2.45, 2.75) is 26.3 Å². The van der Waals surface area contributed by atoms with E-state index in [1.54, 1.807) is 6.20 Å². The number of aromatic amines is 1. The molecule has 0 saturated carbocycles. The van der Waals surface area contributed by atoms with Crippen molar-refractivity contribution in [3.8, 4) is 33.5 Å². The maximum absolute atomic E-state index is 12.9. The second kappa shape index (κ2) is 9.08. The topological polar surface area (TPSA) is 73.4 Å². The highest BCUT2D eigenvalue weighted by atomic mass is 16.1. The Labute approximate surface area is 199 Å². The fourth-order valence-electron chi connectivity index (χ4n) is 4.35. The van der Waals surface area contributed by atoms with Crippen LogP contribution in [-0.4, -0.2) is 9.97 Å². The lowest BCUT2D eigenvalue weighted by Crippen LogP contribution is -2.47. The van der Waals surface area contributed by atoms with Crippen molar-refractivity contribution in [2.75, 3.05) is 0 Å². The third-order valence-corrected chi connectivity index (χ3v) is 6.34. The van der Waals surface area contributed by atoms with E-state index in [0.717, 1.165) is 40.1 Å². The first-order valence-electron chi connectivity index (χ1n) is 11.7. The number of pyridine rings is 2. The molecule has 0 atom stereocenters. The Morgan fingerprint density at radius 3 is 2.26 bits per heavy atom. The van der Waals surface area contributed by atoms with E-state index in [2.05, 4.69) is 85.2 Å². The summed E-state index contributed by atoms with van der Waals surface area (Å²) in [6, 6.07) is 28.9. The van der Waals surface area contributed by atoms with Crippen molar-refractivity contribution in [1.29, 1.82) is 0 Å². The lowest BCUT2D eigenvalue weighted by Gasteiger charge is -2.14. The monoisotopic (exact) mass is 446 g/mol. The molecule has 4 N–H and O–H groups in total. The van der Waals surface area contributed by atoms with Gasteiger partial charge in [-0.25, -0.2) is 4.98 Å². The second-order valence-electron chi connectivity index (χ2n) is 8.91. The zero-order valence-corrected chi connectivity index (χ0v) is 19.5. The number of H-pyrrole nitrogens is 1. The van der Waals surface area contributed by atoms with Gasteiger partial charge in [0.2, 0.25) is 0 Å². The lowest BCUT2D eigenvalue weighted by atomic mass is 9.94. The normalized spacial score (nSPS) is 11.3. The molecule has 0 aliphatic carbocycles. The number of hydrogen-bond donors (Lipinski definition) is 2. The van der Waals surface area contributed by atoms with Crippen LogP contribution in [0.3, 0.4) is 0 Å². The zero-order valence-electron chi connectivity index (χ0n) is 19.5. The summed E-state index contributed by atoms with van der Waals surface area (Å²) in [5, 5.41) is 0.587. The molecule has 5 aromatic rings.